The molecule has 0 aliphatic carbocycles. The van der Waals surface area contributed by atoms with Crippen molar-refractivity contribution in [1.29, 1.82) is 0 Å². The maximum atomic E-state index is 12.3. The molecule has 1 aromatic rings. The molecule has 2 atom stereocenters. The summed E-state index contributed by atoms with van der Waals surface area (Å²) in [5.41, 5.74) is 0. The van der Waals surface area contributed by atoms with Gasteiger partial charge in [0.15, 0.2) is 0 Å². The molecule has 6 nitrogen and oxygen atoms in total. The molecule has 1 fully saturated rings. The van der Waals surface area contributed by atoms with E-state index >= 15 is 0 Å². The van der Waals surface area contributed by atoms with E-state index in [1.165, 1.54) is 19.2 Å². The number of halogens is 1. The van der Waals surface area contributed by atoms with Gasteiger partial charge in [0.2, 0.25) is 10.0 Å². The zero-order chi connectivity index (χ0) is 14.2. The molecule has 0 saturated carbocycles. The van der Waals surface area contributed by atoms with Crippen molar-refractivity contribution in [3.63, 3.8) is 0 Å². The second-order valence-corrected chi connectivity index (χ2v) is 7.05. The van der Waals surface area contributed by atoms with Crippen LogP contribution in [0.5, 0.6) is 5.75 Å². The lowest BCUT2D eigenvalue weighted by Crippen LogP contribution is -2.30. The summed E-state index contributed by atoms with van der Waals surface area (Å²) in [4.78, 5) is 0.0847. The fourth-order valence-electron chi connectivity index (χ4n) is 1.89. The SMILES string of the molecule is COc1ccc(S(=O)(=O)N2C[C@@H](O)[C@@H](O)C2)cc1Br. The van der Waals surface area contributed by atoms with E-state index in [2.05, 4.69) is 15.9 Å². The lowest BCUT2D eigenvalue weighted by Gasteiger charge is -2.16. The normalized spacial score (nSPS) is 24.6. The van der Waals surface area contributed by atoms with Crippen molar-refractivity contribution < 1.29 is 23.4 Å². The van der Waals surface area contributed by atoms with Crippen LogP contribution in [-0.2, 0) is 10.0 Å². The third-order valence-corrected chi connectivity index (χ3v) is 5.43. The van der Waals surface area contributed by atoms with Crippen molar-refractivity contribution in [3.8, 4) is 5.75 Å². The van der Waals surface area contributed by atoms with Crippen LogP contribution in [0.1, 0.15) is 0 Å². The first kappa shape index (κ1) is 14.7. The Morgan fingerprint density at radius 1 is 1.32 bits per heavy atom. The Kier molecular flexibility index (Phi) is 4.17. The van der Waals surface area contributed by atoms with Crippen LogP contribution >= 0.6 is 15.9 Å². The quantitative estimate of drug-likeness (QED) is 0.811. The Labute approximate surface area is 119 Å². The first-order valence-corrected chi connectivity index (χ1v) is 7.79. The van der Waals surface area contributed by atoms with Gasteiger partial charge >= 0.3 is 0 Å². The second kappa shape index (κ2) is 5.37. The molecule has 0 radical (unpaired) electrons. The Balaban J connectivity index is 2.33. The van der Waals surface area contributed by atoms with Crippen LogP contribution in [0.15, 0.2) is 27.6 Å². The van der Waals surface area contributed by atoms with Crippen LogP contribution < -0.4 is 4.74 Å². The van der Waals surface area contributed by atoms with Crippen molar-refractivity contribution in [2.45, 2.75) is 17.1 Å². The minimum absolute atomic E-state index is 0.0847. The highest BCUT2D eigenvalue weighted by molar-refractivity contribution is 9.10. The van der Waals surface area contributed by atoms with Gasteiger partial charge in [-0.15, -0.1) is 0 Å². The minimum Gasteiger partial charge on any atom is -0.496 e. The van der Waals surface area contributed by atoms with Gasteiger partial charge in [-0.25, -0.2) is 8.42 Å². The summed E-state index contributed by atoms with van der Waals surface area (Å²) < 4.78 is 31.3. The summed E-state index contributed by atoms with van der Waals surface area (Å²) in [6, 6.07) is 4.40. The van der Waals surface area contributed by atoms with Crippen LogP contribution in [0.25, 0.3) is 0 Å². The molecular formula is C11H14BrNO5S. The number of methoxy groups -OCH3 is 1. The van der Waals surface area contributed by atoms with Crippen molar-refractivity contribution in [3.05, 3.63) is 22.7 Å². The molecular weight excluding hydrogens is 338 g/mol. The van der Waals surface area contributed by atoms with E-state index in [-0.39, 0.29) is 18.0 Å². The molecule has 106 valence electrons. The number of aliphatic hydroxyl groups is 2. The van der Waals surface area contributed by atoms with Crippen molar-refractivity contribution >= 4 is 26.0 Å². The van der Waals surface area contributed by atoms with E-state index in [4.69, 9.17) is 4.74 Å². The van der Waals surface area contributed by atoms with Gasteiger partial charge in [0, 0.05) is 13.1 Å². The number of nitrogens with zero attached hydrogens (tertiary/aromatic N) is 1. The molecule has 8 heteroatoms. The standard InChI is InChI=1S/C11H14BrNO5S/c1-18-11-3-2-7(4-8(11)12)19(16,17)13-5-9(14)10(15)6-13/h2-4,9-10,14-15H,5-6H2,1H3/t9-,10+. The minimum atomic E-state index is -3.72. The van der Waals surface area contributed by atoms with Gasteiger partial charge in [-0.05, 0) is 34.1 Å². The van der Waals surface area contributed by atoms with Gasteiger partial charge in [0.25, 0.3) is 0 Å². The van der Waals surface area contributed by atoms with Gasteiger partial charge in [-0.2, -0.15) is 4.31 Å². The van der Waals surface area contributed by atoms with E-state index in [0.29, 0.717) is 10.2 Å². The zero-order valence-electron chi connectivity index (χ0n) is 10.2. The topological polar surface area (TPSA) is 87.1 Å². The third kappa shape index (κ3) is 2.77. The summed E-state index contributed by atoms with van der Waals surface area (Å²) in [5, 5.41) is 18.9. The molecule has 0 amide bonds. The lowest BCUT2D eigenvalue weighted by molar-refractivity contribution is 0.0572. The highest BCUT2D eigenvalue weighted by atomic mass is 79.9. The molecule has 1 aliphatic rings. The monoisotopic (exact) mass is 351 g/mol. The van der Waals surface area contributed by atoms with Gasteiger partial charge in [0.1, 0.15) is 5.75 Å². The van der Waals surface area contributed by atoms with Crippen LogP contribution in [0.3, 0.4) is 0 Å². The van der Waals surface area contributed by atoms with Gasteiger partial charge < -0.3 is 14.9 Å². The number of ether oxygens (including phenoxy) is 1. The molecule has 0 unspecified atom stereocenters. The van der Waals surface area contributed by atoms with Crippen molar-refractivity contribution in [2.24, 2.45) is 0 Å². The van der Waals surface area contributed by atoms with E-state index < -0.39 is 22.2 Å². The van der Waals surface area contributed by atoms with Gasteiger partial charge in [0.05, 0.1) is 28.7 Å². The number of rotatable bonds is 3. The average Bonchev–Trinajstić information content (AvgIpc) is 2.70. The van der Waals surface area contributed by atoms with Crippen molar-refractivity contribution in [1.82, 2.24) is 4.31 Å². The van der Waals surface area contributed by atoms with Crippen LogP contribution in [0, 0.1) is 0 Å². The van der Waals surface area contributed by atoms with E-state index in [1.807, 2.05) is 0 Å². The molecule has 2 rings (SSSR count). The molecule has 1 heterocycles. The molecule has 2 N–H and O–H groups in total. The van der Waals surface area contributed by atoms with E-state index in [0.717, 1.165) is 4.31 Å². The molecule has 0 bridgehead atoms. The fraction of sp³-hybridized carbons (Fsp3) is 0.455. The third-order valence-electron chi connectivity index (χ3n) is 2.99. The first-order chi connectivity index (χ1) is 8.86. The molecule has 1 aromatic carbocycles. The number of hydrogen-bond donors (Lipinski definition) is 2. The number of β-amino-alcohol motifs (C(OH)–C–C–N with tert-alkyl or cyclic N) is 2. The molecule has 1 aliphatic heterocycles. The zero-order valence-corrected chi connectivity index (χ0v) is 12.6. The lowest BCUT2D eigenvalue weighted by atomic mass is 10.3. The van der Waals surface area contributed by atoms with Crippen LogP contribution in [-0.4, -0.2) is 55.3 Å². The van der Waals surface area contributed by atoms with Crippen LogP contribution in [0.2, 0.25) is 0 Å². The molecule has 0 aromatic heterocycles. The smallest absolute Gasteiger partial charge is 0.243 e. The Bertz CT molecular complexity index is 566. The molecule has 19 heavy (non-hydrogen) atoms. The van der Waals surface area contributed by atoms with E-state index in [9.17, 15) is 18.6 Å². The van der Waals surface area contributed by atoms with Gasteiger partial charge in [-0.1, -0.05) is 0 Å². The Morgan fingerprint density at radius 3 is 2.37 bits per heavy atom. The number of aliphatic hydroxyl groups excluding tert-OH is 2. The Morgan fingerprint density at radius 2 is 1.89 bits per heavy atom. The number of sulfonamides is 1. The largest absolute Gasteiger partial charge is 0.496 e. The maximum absolute atomic E-state index is 12.3. The first-order valence-electron chi connectivity index (χ1n) is 5.56. The molecule has 1 saturated heterocycles. The predicted octanol–water partition coefficient (Wildman–Crippen LogP) is 0.184. The highest BCUT2D eigenvalue weighted by Gasteiger charge is 2.37. The highest BCUT2D eigenvalue weighted by Crippen LogP contribution is 2.29. The summed E-state index contributed by atoms with van der Waals surface area (Å²) in [6.45, 7) is -0.208. The maximum Gasteiger partial charge on any atom is 0.243 e. The predicted molar refractivity (Wildman–Crippen MR) is 71.5 cm³/mol. The average molecular weight is 352 g/mol. The van der Waals surface area contributed by atoms with Gasteiger partial charge in [-0.3, -0.25) is 0 Å². The summed E-state index contributed by atoms with van der Waals surface area (Å²) in [6.07, 6.45) is -2.09. The second-order valence-electron chi connectivity index (χ2n) is 4.25. The summed E-state index contributed by atoms with van der Waals surface area (Å²) in [7, 11) is -2.24. The fourth-order valence-corrected chi connectivity index (χ4v) is 4.08. The summed E-state index contributed by atoms with van der Waals surface area (Å²) in [5.74, 6) is 0.528. The van der Waals surface area contributed by atoms with Crippen molar-refractivity contribution in [2.75, 3.05) is 20.2 Å². The number of benzene rings is 1. The number of hydrogen-bond acceptors (Lipinski definition) is 5. The van der Waals surface area contributed by atoms with Crippen LogP contribution in [0.4, 0.5) is 0 Å². The summed E-state index contributed by atoms with van der Waals surface area (Å²) >= 11 is 3.23. The molecule has 0 spiro atoms. The Hall–Kier alpha value is -0.670. The van der Waals surface area contributed by atoms with E-state index in [1.54, 1.807) is 6.07 Å².